The molecular formula is C17H19FN4O3. The molecule has 1 amide bonds. The third kappa shape index (κ3) is 5.83. The van der Waals surface area contributed by atoms with Crippen LogP contribution >= 0.6 is 0 Å². The minimum atomic E-state index is -0.444. The van der Waals surface area contributed by atoms with Gasteiger partial charge >= 0.3 is 0 Å². The van der Waals surface area contributed by atoms with Crippen LogP contribution in [0, 0.1) is 22.9 Å². The van der Waals surface area contributed by atoms with Crippen molar-refractivity contribution >= 4 is 17.3 Å². The number of hydrogen-bond donors (Lipinski definition) is 2. The lowest BCUT2D eigenvalue weighted by Crippen LogP contribution is -2.27. The summed E-state index contributed by atoms with van der Waals surface area (Å²) < 4.78 is 12.7. The Morgan fingerprint density at radius 1 is 1.28 bits per heavy atom. The Hall–Kier alpha value is -3.03. The molecule has 1 aromatic carbocycles. The normalized spacial score (nSPS) is 10.3. The van der Waals surface area contributed by atoms with Gasteiger partial charge in [-0.15, -0.1) is 0 Å². The second-order valence-electron chi connectivity index (χ2n) is 5.55. The highest BCUT2D eigenvalue weighted by atomic mass is 19.1. The molecule has 132 valence electrons. The van der Waals surface area contributed by atoms with Crippen LogP contribution in [-0.2, 0) is 11.2 Å². The van der Waals surface area contributed by atoms with Gasteiger partial charge in [0.2, 0.25) is 5.91 Å². The predicted molar refractivity (Wildman–Crippen MR) is 91.8 cm³/mol. The first kappa shape index (κ1) is 18.3. The van der Waals surface area contributed by atoms with Crippen molar-refractivity contribution in [3.8, 4) is 0 Å². The number of nitro benzene ring substituents is 1. The summed E-state index contributed by atoms with van der Waals surface area (Å²) in [4.78, 5) is 26.2. The Bertz CT molecular complexity index is 750. The summed E-state index contributed by atoms with van der Waals surface area (Å²) in [7, 11) is 0. The van der Waals surface area contributed by atoms with Crippen LogP contribution in [0.3, 0.4) is 0 Å². The largest absolute Gasteiger partial charge is 0.379 e. The van der Waals surface area contributed by atoms with Gasteiger partial charge in [0.15, 0.2) is 0 Å². The molecule has 2 aromatic rings. The van der Waals surface area contributed by atoms with Gasteiger partial charge in [0.05, 0.1) is 17.5 Å². The number of carbonyl (C=O) groups excluding carboxylic acids is 1. The van der Waals surface area contributed by atoms with Crippen molar-refractivity contribution in [1.82, 2.24) is 10.3 Å². The lowest BCUT2D eigenvalue weighted by Gasteiger charge is -2.08. The van der Waals surface area contributed by atoms with Gasteiger partial charge < -0.3 is 10.6 Å². The number of aromatic nitrogens is 1. The molecule has 8 heteroatoms. The molecule has 0 aliphatic carbocycles. The predicted octanol–water partition coefficient (Wildman–Crippen LogP) is 2.60. The SMILES string of the molecule is Cc1ccc(NCCCNC(=O)Cc2ccc(F)cn2)c([N+](=O)[O-])c1. The highest BCUT2D eigenvalue weighted by molar-refractivity contribution is 5.78. The monoisotopic (exact) mass is 346 g/mol. The maximum absolute atomic E-state index is 12.7. The molecule has 0 atom stereocenters. The Morgan fingerprint density at radius 2 is 2.08 bits per heavy atom. The zero-order chi connectivity index (χ0) is 18.2. The highest BCUT2D eigenvalue weighted by Gasteiger charge is 2.13. The van der Waals surface area contributed by atoms with Crippen LogP contribution in [0.5, 0.6) is 0 Å². The third-order valence-corrected chi connectivity index (χ3v) is 3.47. The molecule has 0 saturated carbocycles. The van der Waals surface area contributed by atoms with Crippen molar-refractivity contribution in [2.45, 2.75) is 19.8 Å². The number of nitrogens with zero attached hydrogens (tertiary/aromatic N) is 2. The van der Waals surface area contributed by atoms with E-state index in [-0.39, 0.29) is 18.0 Å². The van der Waals surface area contributed by atoms with E-state index >= 15 is 0 Å². The second kappa shape index (κ2) is 8.72. The van der Waals surface area contributed by atoms with Crippen LogP contribution in [-0.4, -0.2) is 28.9 Å². The molecule has 0 fully saturated rings. The van der Waals surface area contributed by atoms with Crippen molar-refractivity contribution in [3.05, 3.63) is 63.7 Å². The van der Waals surface area contributed by atoms with Crippen molar-refractivity contribution in [3.63, 3.8) is 0 Å². The molecule has 0 bridgehead atoms. The number of carbonyl (C=O) groups is 1. The molecular weight excluding hydrogens is 327 g/mol. The summed E-state index contributed by atoms with van der Waals surface area (Å²) in [6.07, 6.45) is 1.76. The van der Waals surface area contributed by atoms with E-state index in [1.165, 1.54) is 18.2 Å². The fourth-order valence-electron chi connectivity index (χ4n) is 2.22. The molecule has 7 nitrogen and oxygen atoms in total. The number of aryl methyl sites for hydroxylation is 1. The Labute approximate surface area is 144 Å². The third-order valence-electron chi connectivity index (χ3n) is 3.47. The number of nitrogens with one attached hydrogen (secondary N) is 2. The number of benzene rings is 1. The van der Waals surface area contributed by atoms with Crippen molar-refractivity contribution in [2.24, 2.45) is 0 Å². The molecule has 0 saturated heterocycles. The van der Waals surface area contributed by atoms with E-state index < -0.39 is 10.7 Å². The van der Waals surface area contributed by atoms with Gasteiger partial charge in [0.25, 0.3) is 5.69 Å². The molecule has 1 heterocycles. The number of rotatable bonds is 8. The van der Waals surface area contributed by atoms with E-state index in [4.69, 9.17) is 0 Å². The zero-order valence-corrected chi connectivity index (χ0v) is 13.8. The standard InChI is InChI=1S/C17H19FN4O3/c1-12-3-6-15(16(9-12)22(24)25)19-7-2-8-20-17(23)10-14-5-4-13(18)11-21-14/h3-6,9,11,19H,2,7-8,10H2,1H3,(H,20,23). The topological polar surface area (TPSA) is 97.2 Å². The lowest BCUT2D eigenvalue weighted by atomic mass is 10.2. The molecule has 0 unspecified atom stereocenters. The van der Waals surface area contributed by atoms with E-state index in [1.54, 1.807) is 19.1 Å². The number of amides is 1. The molecule has 1 aromatic heterocycles. The van der Waals surface area contributed by atoms with Gasteiger partial charge in [-0.3, -0.25) is 19.9 Å². The molecule has 0 radical (unpaired) electrons. The summed E-state index contributed by atoms with van der Waals surface area (Å²) in [5.41, 5.74) is 1.80. The van der Waals surface area contributed by atoms with Crippen LogP contribution in [0.25, 0.3) is 0 Å². The summed E-state index contributed by atoms with van der Waals surface area (Å²) in [5.74, 6) is -0.652. The second-order valence-corrected chi connectivity index (χ2v) is 5.55. The van der Waals surface area contributed by atoms with Crippen molar-refractivity contribution in [1.29, 1.82) is 0 Å². The lowest BCUT2D eigenvalue weighted by molar-refractivity contribution is -0.384. The van der Waals surface area contributed by atoms with Crippen LogP contribution in [0.15, 0.2) is 36.5 Å². The number of hydrogen-bond acceptors (Lipinski definition) is 5. The van der Waals surface area contributed by atoms with Gasteiger partial charge in [-0.25, -0.2) is 4.39 Å². The van der Waals surface area contributed by atoms with E-state index in [0.29, 0.717) is 30.9 Å². The first-order valence-corrected chi connectivity index (χ1v) is 7.82. The average Bonchev–Trinajstić information content (AvgIpc) is 2.57. The number of nitro groups is 1. The van der Waals surface area contributed by atoms with E-state index in [0.717, 1.165) is 11.8 Å². The minimum Gasteiger partial charge on any atom is -0.379 e. The molecule has 2 N–H and O–H groups in total. The smallest absolute Gasteiger partial charge is 0.292 e. The minimum absolute atomic E-state index is 0.0337. The molecule has 0 aliphatic heterocycles. The summed E-state index contributed by atoms with van der Waals surface area (Å²) in [6.45, 7) is 2.70. The van der Waals surface area contributed by atoms with E-state index in [9.17, 15) is 19.3 Å². The van der Waals surface area contributed by atoms with E-state index in [1.807, 2.05) is 0 Å². The Morgan fingerprint density at radius 3 is 2.76 bits per heavy atom. The summed E-state index contributed by atoms with van der Waals surface area (Å²) >= 11 is 0. The number of pyridine rings is 1. The Balaban J connectivity index is 1.72. The average molecular weight is 346 g/mol. The summed E-state index contributed by atoms with van der Waals surface area (Å²) in [5, 5.41) is 16.8. The molecule has 2 rings (SSSR count). The number of anilines is 1. The highest BCUT2D eigenvalue weighted by Crippen LogP contribution is 2.25. The fourth-order valence-corrected chi connectivity index (χ4v) is 2.22. The quantitative estimate of drug-likeness (QED) is 0.435. The zero-order valence-electron chi connectivity index (χ0n) is 13.8. The van der Waals surface area contributed by atoms with Crippen LogP contribution < -0.4 is 10.6 Å². The maximum Gasteiger partial charge on any atom is 0.292 e. The van der Waals surface area contributed by atoms with Gasteiger partial charge in [-0.2, -0.15) is 0 Å². The van der Waals surface area contributed by atoms with Crippen molar-refractivity contribution < 1.29 is 14.1 Å². The fraction of sp³-hybridized carbons (Fsp3) is 0.294. The first-order chi connectivity index (χ1) is 12.0. The van der Waals surface area contributed by atoms with Gasteiger partial charge in [0, 0.05) is 24.8 Å². The van der Waals surface area contributed by atoms with Crippen LogP contribution in [0.2, 0.25) is 0 Å². The number of halogens is 1. The van der Waals surface area contributed by atoms with E-state index in [2.05, 4.69) is 15.6 Å². The maximum atomic E-state index is 12.7. The first-order valence-electron chi connectivity index (χ1n) is 7.82. The van der Waals surface area contributed by atoms with Gasteiger partial charge in [0.1, 0.15) is 11.5 Å². The van der Waals surface area contributed by atoms with Crippen LogP contribution in [0.4, 0.5) is 15.8 Å². The summed E-state index contributed by atoms with van der Waals surface area (Å²) in [6, 6.07) is 7.71. The molecule has 0 aliphatic rings. The van der Waals surface area contributed by atoms with Crippen molar-refractivity contribution in [2.75, 3.05) is 18.4 Å². The van der Waals surface area contributed by atoms with Crippen LogP contribution in [0.1, 0.15) is 17.7 Å². The molecule has 25 heavy (non-hydrogen) atoms. The molecule has 0 spiro atoms. The van der Waals surface area contributed by atoms with Gasteiger partial charge in [-0.1, -0.05) is 6.07 Å². The van der Waals surface area contributed by atoms with Gasteiger partial charge in [-0.05, 0) is 37.1 Å². The Kier molecular flexibility index (Phi) is 6.39.